The van der Waals surface area contributed by atoms with Crippen LogP contribution in [0, 0.1) is 11.6 Å². The molecule has 2 aliphatic heterocycles. The zero-order valence-electron chi connectivity index (χ0n) is 11.3. The topological polar surface area (TPSA) is 46.0 Å². The number of ether oxygens (including phenoxy) is 1. The highest BCUT2D eigenvalue weighted by Gasteiger charge is 2.18. The lowest BCUT2D eigenvalue weighted by molar-refractivity contribution is 0.118. The number of hydrazone groups is 1. The van der Waals surface area contributed by atoms with Crippen molar-refractivity contribution in [3.05, 3.63) is 35.4 Å². The van der Waals surface area contributed by atoms with Gasteiger partial charge >= 0.3 is 0 Å². The van der Waals surface area contributed by atoms with E-state index in [0.717, 1.165) is 37.6 Å². The molecule has 2 heterocycles. The van der Waals surface area contributed by atoms with Gasteiger partial charge in [-0.1, -0.05) is 11.8 Å². The van der Waals surface area contributed by atoms with Crippen molar-refractivity contribution in [2.24, 2.45) is 10.1 Å². The lowest BCUT2D eigenvalue weighted by Crippen LogP contribution is -2.27. The Hall–Kier alpha value is -1.47. The summed E-state index contributed by atoms with van der Waals surface area (Å²) >= 11 is 1.43. The molecule has 1 aromatic carbocycles. The molecule has 4 nitrogen and oxygen atoms in total. The van der Waals surface area contributed by atoms with Crippen molar-refractivity contribution in [3.8, 4) is 0 Å². The number of benzene rings is 1. The van der Waals surface area contributed by atoms with Gasteiger partial charge in [-0.15, -0.1) is 0 Å². The number of thioether (sulfide) groups is 1. The summed E-state index contributed by atoms with van der Waals surface area (Å²) in [5.41, 5.74) is 3.46. The molecule has 0 aliphatic carbocycles. The van der Waals surface area contributed by atoms with Crippen LogP contribution < -0.4 is 5.43 Å². The molecule has 1 saturated heterocycles. The van der Waals surface area contributed by atoms with Crippen LogP contribution in [0.5, 0.6) is 0 Å². The SMILES string of the molecule is Fc1ccc(F)c(C2=NNC(=NC[C@@H]3CCCO3)SC2)c1. The Labute approximate surface area is 125 Å². The first-order chi connectivity index (χ1) is 10.2. The molecule has 1 atom stereocenters. The van der Waals surface area contributed by atoms with Crippen LogP contribution in [0.4, 0.5) is 8.78 Å². The minimum absolute atomic E-state index is 0.186. The fourth-order valence-corrected chi connectivity index (χ4v) is 3.00. The summed E-state index contributed by atoms with van der Waals surface area (Å²) in [6.07, 6.45) is 2.30. The Bertz CT molecular complexity index is 586. The Kier molecular flexibility index (Phi) is 4.50. The van der Waals surface area contributed by atoms with Crippen molar-refractivity contribution in [2.45, 2.75) is 18.9 Å². The van der Waals surface area contributed by atoms with E-state index in [1.54, 1.807) is 0 Å². The molecule has 0 saturated carbocycles. The van der Waals surface area contributed by atoms with E-state index in [2.05, 4.69) is 15.5 Å². The van der Waals surface area contributed by atoms with Crippen molar-refractivity contribution in [3.63, 3.8) is 0 Å². The number of hydrogen-bond acceptors (Lipinski definition) is 4. The first kappa shape index (κ1) is 14.5. The average molecular weight is 311 g/mol. The number of nitrogens with one attached hydrogen (secondary N) is 1. The zero-order valence-corrected chi connectivity index (χ0v) is 12.1. The zero-order chi connectivity index (χ0) is 14.7. The normalized spacial score (nSPS) is 24.0. The second-order valence-electron chi connectivity index (χ2n) is 4.86. The van der Waals surface area contributed by atoms with Gasteiger partial charge in [-0.2, -0.15) is 5.10 Å². The van der Waals surface area contributed by atoms with E-state index in [-0.39, 0.29) is 11.7 Å². The number of aliphatic imine (C=N–C) groups is 1. The third-order valence-corrected chi connectivity index (χ3v) is 4.25. The summed E-state index contributed by atoms with van der Waals surface area (Å²) in [5, 5.41) is 4.78. The smallest absolute Gasteiger partial charge is 0.177 e. The third kappa shape index (κ3) is 3.59. The van der Waals surface area contributed by atoms with Crippen LogP contribution in [0.2, 0.25) is 0 Å². The molecule has 21 heavy (non-hydrogen) atoms. The van der Waals surface area contributed by atoms with E-state index in [9.17, 15) is 8.78 Å². The molecule has 1 aromatic rings. The lowest BCUT2D eigenvalue weighted by Gasteiger charge is -2.16. The highest BCUT2D eigenvalue weighted by Crippen LogP contribution is 2.18. The molecule has 3 rings (SSSR count). The number of halogens is 2. The average Bonchev–Trinajstić information content (AvgIpc) is 3.02. The number of nitrogens with zero attached hydrogens (tertiary/aromatic N) is 2. The van der Waals surface area contributed by atoms with Gasteiger partial charge in [0.25, 0.3) is 0 Å². The first-order valence-corrected chi connectivity index (χ1v) is 7.78. The van der Waals surface area contributed by atoms with E-state index in [0.29, 0.717) is 23.2 Å². The molecule has 7 heteroatoms. The summed E-state index contributed by atoms with van der Waals surface area (Å²) in [6.45, 7) is 1.41. The largest absolute Gasteiger partial charge is 0.376 e. The number of hydrogen-bond donors (Lipinski definition) is 1. The highest BCUT2D eigenvalue weighted by atomic mass is 32.2. The van der Waals surface area contributed by atoms with Gasteiger partial charge in [-0.3, -0.25) is 10.4 Å². The van der Waals surface area contributed by atoms with Crippen molar-refractivity contribution in [2.75, 3.05) is 18.9 Å². The predicted octanol–water partition coefficient (Wildman–Crippen LogP) is 2.54. The standard InChI is InChI=1S/C14H15F2N3OS/c15-9-3-4-12(16)11(6-9)13-8-21-14(19-18-13)17-7-10-2-1-5-20-10/h3-4,6,10H,1-2,5,7-8H2,(H,17,19)/t10-/m0/s1. The molecule has 112 valence electrons. The van der Waals surface area contributed by atoms with Gasteiger partial charge in [0, 0.05) is 17.9 Å². The second kappa shape index (κ2) is 6.53. The maximum atomic E-state index is 13.7. The van der Waals surface area contributed by atoms with Gasteiger partial charge in [-0.25, -0.2) is 8.78 Å². The highest BCUT2D eigenvalue weighted by molar-refractivity contribution is 8.14. The third-order valence-electron chi connectivity index (χ3n) is 3.33. The summed E-state index contributed by atoms with van der Waals surface area (Å²) in [6, 6.07) is 3.36. The predicted molar refractivity (Wildman–Crippen MR) is 79.8 cm³/mol. The van der Waals surface area contributed by atoms with Gasteiger partial charge < -0.3 is 4.74 Å². The Morgan fingerprint density at radius 1 is 1.43 bits per heavy atom. The molecule has 1 fully saturated rings. The molecular formula is C14H15F2N3OS. The number of amidine groups is 1. The Morgan fingerprint density at radius 2 is 2.33 bits per heavy atom. The van der Waals surface area contributed by atoms with E-state index in [1.165, 1.54) is 11.8 Å². The molecule has 0 amide bonds. The molecule has 0 radical (unpaired) electrons. The Morgan fingerprint density at radius 3 is 3.05 bits per heavy atom. The van der Waals surface area contributed by atoms with Crippen molar-refractivity contribution < 1.29 is 13.5 Å². The minimum Gasteiger partial charge on any atom is -0.376 e. The van der Waals surface area contributed by atoms with Crippen LogP contribution in [0.15, 0.2) is 28.3 Å². The first-order valence-electron chi connectivity index (χ1n) is 6.79. The number of rotatable bonds is 3. The summed E-state index contributed by atoms with van der Waals surface area (Å²) in [7, 11) is 0. The van der Waals surface area contributed by atoms with Crippen molar-refractivity contribution in [1.29, 1.82) is 0 Å². The lowest BCUT2D eigenvalue weighted by atomic mass is 10.1. The molecule has 0 spiro atoms. The van der Waals surface area contributed by atoms with E-state index >= 15 is 0 Å². The summed E-state index contributed by atoms with van der Waals surface area (Å²) < 4.78 is 32.4. The van der Waals surface area contributed by atoms with Crippen LogP contribution in [-0.4, -0.2) is 35.9 Å². The molecular weight excluding hydrogens is 296 g/mol. The maximum absolute atomic E-state index is 13.7. The van der Waals surface area contributed by atoms with E-state index in [4.69, 9.17) is 4.74 Å². The monoisotopic (exact) mass is 311 g/mol. The second-order valence-corrected chi connectivity index (χ2v) is 5.83. The molecule has 1 N–H and O–H groups in total. The van der Waals surface area contributed by atoms with E-state index in [1.807, 2.05) is 0 Å². The van der Waals surface area contributed by atoms with Crippen LogP contribution in [0.3, 0.4) is 0 Å². The van der Waals surface area contributed by atoms with Gasteiger partial charge in [0.15, 0.2) is 5.17 Å². The van der Waals surface area contributed by atoms with Crippen LogP contribution >= 0.6 is 11.8 Å². The minimum atomic E-state index is -0.475. The Balaban J connectivity index is 1.65. The van der Waals surface area contributed by atoms with Gasteiger partial charge in [0.1, 0.15) is 11.6 Å². The van der Waals surface area contributed by atoms with Crippen molar-refractivity contribution in [1.82, 2.24) is 5.43 Å². The molecule has 0 bridgehead atoms. The molecule has 0 unspecified atom stereocenters. The molecule has 0 aromatic heterocycles. The maximum Gasteiger partial charge on any atom is 0.177 e. The van der Waals surface area contributed by atoms with Gasteiger partial charge in [0.05, 0.1) is 18.4 Å². The van der Waals surface area contributed by atoms with Crippen LogP contribution in [0.25, 0.3) is 0 Å². The quantitative estimate of drug-likeness (QED) is 0.933. The van der Waals surface area contributed by atoms with Crippen LogP contribution in [0.1, 0.15) is 18.4 Å². The fourth-order valence-electron chi connectivity index (χ4n) is 2.23. The van der Waals surface area contributed by atoms with Gasteiger partial charge in [0.2, 0.25) is 0 Å². The summed E-state index contributed by atoms with van der Waals surface area (Å²) in [4.78, 5) is 4.40. The van der Waals surface area contributed by atoms with Crippen molar-refractivity contribution >= 4 is 22.6 Å². The fraction of sp³-hybridized carbons (Fsp3) is 0.429. The summed E-state index contributed by atoms with van der Waals surface area (Å²) in [5.74, 6) is -0.494. The van der Waals surface area contributed by atoms with E-state index < -0.39 is 11.6 Å². The molecule has 2 aliphatic rings. The van der Waals surface area contributed by atoms with Crippen LogP contribution in [-0.2, 0) is 4.74 Å². The van der Waals surface area contributed by atoms with Gasteiger partial charge in [-0.05, 0) is 31.0 Å².